The van der Waals surface area contributed by atoms with Crippen molar-refractivity contribution in [3.05, 3.63) is 81.5 Å². The van der Waals surface area contributed by atoms with Crippen LogP contribution in [0.5, 0.6) is 0 Å². The number of carbonyl (C=O) groups is 1. The van der Waals surface area contributed by atoms with E-state index in [-0.39, 0.29) is 23.0 Å². The molecule has 2 N–H and O–H groups in total. The van der Waals surface area contributed by atoms with Crippen molar-refractivity contribution in [1.82, 2.24) is 15.1 Å². The highest BCUT2D eigenvalue weighted by molar-refractivity contribution is 6.36. The molecule has 3 aromatic rings. The van der Waals surface area contributed by atoms with Crippen LogP contribution < -0.4 is 10.6 Å². The number of hydrogen-bond acceptors (Lipinski definition) is 3. The van der Waals surface area contributed by atoms with Crippen molar-refractivity contribution in [3.63, 3.8) is 0 Å². The smallest absolute Gasteiger partial charge is 0.362 e. The molecule has 1 aliphatic rings. The summed E-state index contributed by atoms with van der Waals surface area (Å²) < 4.78 is 42.3. The van der Waals surface area contributed by atoms with E-state index in [4.69, 9.17) is 23.2 Å². The Morgan fingerprint density at radius 3 is 2.47 bits per heavy atom. The second kappa shape index (κ2) is 9.03. The van der Waals surface area contributed by atoms with Crippen molar-refractivity contribution in [2.45, 2.75) is 31.1 Å². The lowest BCUT2D eigenvalue weighted by molar-refractivity contribution is -0.173. The first-order valence-electron chi connectivity index (χ1n) is 9.93. The summed E-state index contributed by atoms with van der Waals surface area (Å²) in [5.74, 6) is -0.660. The van der Waals surface area contributed by atoms with Gasteiger partial charge in [0.05, 0.1) is 6.04 Å². The van der Waals surface area contributed by atoms with Gasteiger partial charge in [-0.05, 0) is 29.7 Å². The Bertz CT molecular complexity index is 1100. The molecular weight excluding hydrogens is 464 g/mol. The summed E-state index contributed by atoms with van der Waals surface area (Å²) in [5.41, 5.74) is 1.40. The van der Waals surface area contributed by atoms with Crippen molar-refractivity contribution in [2.24, 2.45) is 0 Å². The van der Waals surface area contributed by atoms with Gasteiger partial charge in [-0.3, -0.25) is 4.79 Å². The molecule has 2 aromatic carbocycles. The molecule has 0 aliphatic carbocycles. The molecule has 0 saturated heterocycles. The Kier molecular flexibility index (Phi) is 6.35. The molecule has 0 fully saturated rings. The number of carbonyl (C=O) groups excluding carboxylic acids is 1. The molecule has 1 aliphatic heterocycles. The molecule has 0 saturated carbocycles. The number of fused-ring (bicyclic) bond motifs is 1. The summed E-state index contributed by atoms with van der Waals surface area (Å²) in [6.45, 7) is 0.297. The topological polar surface area (TPSA) is 59.0 Å². The van der Waals surface area contributed by atoms with Crippen molar-refractivity contribution >= 4 is 34.9 Å². The molecule has 2 atom stereocenters. The van der Waals surface area contributed by atoms with Gasteiger partial charge in [-0.2, -0.15) is 18.3 Å². The lowest BCUT2D eigenvalue weighted by Crippen LogP contribution is -2.36. The minimum absolute atomic E-state index is 0.0339. The van der Waals surface area contributed by atoms with Crippen LogP contribution in [0, 0.1) is 0 Å². The van der Waals surface area contributed by atoms with Crippen LogP contribution in [0.2, 0.25) is 10.0 Å². The van der Waals surface area contributed by atoms with Crippen LogP contribution in [0.15, 0.2) is 54.6 Å². The Hall–Kier alpha value is -2.71. The molecule has 0 radical (unpaired) electrons. The zero-order valence-electron chi connectivity index (χ0n) is 16.7. The van der Waals surface area contributed by atoms with E-state index in [2.05, 4.69) is 15.7 Å². The van der Waals surface area contributed by atoms with Gasteiger partial charge in [0.25, 0.3) is 5.91 Å². The summed E-state index contributed by atoms with van der Waals surface area (Å²) >= 11 is 12.2. The number of anilines is 1. The van der Waals surface area contributed by atoms with Crippen molar-refractivity contribution in [1.29, 1.82) is 0 Å². The third-order valence-electron chi connectivity index (χ3n) is 5.33. The molecule has 0 unspecified atom stereocenters. The summed E-state index contributed by atoms with van der Waals surface area (Å²) in [5, 5.41) is 9.96. The number of aromatic nitrogens is 2. The van der Waals surface area contributed by atoms with Crippen LogP contribution in [0.1, 0.15) is 40.1 Å². The molecule has 1 amide bonds. The Morgan fingerprint density at radius 1 is 1.12 bits per heavy atom. The highest BCUT2D eigenvalue weighted by atomic mass is 35.5. The van der Waals surface area contributed by atoms with Crippen LogP contribution in [-0.4, -0.2) is 28.4 Å². The maximum Gasteiger partial charge on any atom is 0.410 e. The number of nitrogens with zero attached hydrogens (tertiary/aromatic N) is 2. The standard InChI is InChI=1S/C22H19Cl2F3N4O/c23-15-8-6-14(7-9-15)16-12-17(22(25,26)27)31-20(29-16)18(24)19(30-31)21(32)28-11-10-13-4-2-1-3-5-13/h1-9,16-17,29H,10-12H2,(H,28,32)/t16-,17-/m1/s1. The van der Waals surface area contributed by atoms with E-state index in [0.717, 1.165) is 10.2 Å². The number of alkyl halides is 3. The quantitative estimate of drug-likeness (QED) is 0.481. The minimum atomic E-state index is -4.57. The van der Waals surface area contributed by atoms with E-state index >= 15 is 0 Å². The molecule has 1 aromatic heterocycles. The third kappa shape index (κ3) is 4.71. The Morgan fingerprint density at radius 2 is 1.81 bits per heavy atom. The van der Waals surface area contributed by atoms with E-state index in [9.17, 15) is 18.0 Å². The van der Waals surface area contributed by atoms with E-state index in [0.29, 0.717) is 23.6 Å². The first-order valence-corrected chi connectivity index (χ1v) is 10.7. The lowest BCUT2D eigenvalue weighted by atomic mass is 9.97. The van der Waals surface area contributed by atoms with E-state index in [1.807, 2.05) is 30.3 Å². The highest BCUT2D eigenvalue weighted by Crippen LogP contribution is 2.46. The first-order chi connectivity index (χ1) is 15.2. The zero-order valence-corrected chi connectivity index (χ0v) is 18.2. The number of halogens is 5. The molecule has 5 nitrogen and oxygen atoms in total. The fraction of sp³-hybridized carbons (Fsp3) is 0.273. The largest absolute Gasteiger partial charge is 0.410 e. The van der Waals surface area contributed by atoms with E-state index < -0.39 is 24.2 Å². The van der Waals surface area contributed by atoms with Crippen LogP contribution in [-0.2, 0) is 6.42 Å². The Balaban J connectivity index is 1.57. The normalized spacial score (nSPS) is 18.0. The van der Waals surface area contributed by atoms with Crippen molar-refractivity contribution < 1.29 is 18.0 Å². The van der Waals surface area contributed by atoms with E-state index in [1.165, 1.54) is 0 Å². The van der Waals surface area contributed by atoms with Crippen LogP contribution in [0.4, 0.5) is 19.0 Å². The zero-order chi connectivity index (χ0) is 22.9. The van der Waals surface area contributed by atoms with Gasteiger partial charge >= 0.3 is 6.18 Å². The van der Waals surface area contributed by atoms with Gasteiger partial charge in [0.2, 0.25) is 0 Å². The molecule has 0 spiro atoms. The minimum Gasteiger partial charge on any atom is -0.362 e. The van der Waals surface area contributed by atoms with Gasteiger partial charge in [-0.1, -0.05) is 65.7 Å². The van der Waals surface area contributed by atoms with Crippen molar-refractivity contribution in [3.8, 4) is 0 Å². The fourth-order valence-electron chi connectivity index (χ4n) is 3.70. The molecule has 32 heavy (non-hydrogen) atoms. The molecular formula is C22H19Cl2F3N4O. The van der Waals surface area contributed by atoms with Crippen LogP contribution >= 0.6 is 23.2 Å². The summed E-state index contributed by atoms with van der Waals surface area (Å²) in [4.78, 5) is 12.6. The number of amides is 1. The van der Waals surface area contributed by atoms with Crippen molar-refractivity contribution in [2.75, 3.05) is 11.9 Å². The van der Waals surface area contributed by atoms with Gasteiger partial charge in [0.1, 0.15) is 10.8 Å². The summed E-state index contributed by atoms with van der Waals surface area (Å²) in [6.07, 6.45) is -4.30. The van der Waals surface area contributed by atoms with Crippen LogP contribution in [0.3, 0.4) is 0 Å². The summed E-state index contributed by atoms with van der Waals surface area (Å²) in [7, 11) is 0. The summed E-state index contributed by atoms with van der Waals surface area (Å²) in [6, 6.07) is 13.4. The SMILES string of the molecule is O=C(NCCc1ccccc1)c1nn2c(c1Cl)N[C@@H](c1ccc(Cl)cc1)C[C@@H]2C(F)(F)F. The van der Waals surface area contributed by atoms with Gasteiger partial charge < -0.3 is 10.6 Å². The maximum atomic E-state index is 13.9. The molecule has 168 valence electrons. The lowest BCUT2D eigenvalue weighted by Gasteiger charge is -2.33. The molecule has 4 rings (SSSR count). The average molecular weight is 483 g/mol. The number of hydrogen-bond donors (Lipinski definition) is 2. The first kappa shape index (κ1) is 22.5. The maximum absolute atomic E-state index is 13.9. The fourth-order valence-corrected chi connectivity index (χ4v) is 4.09. The molecule has 0 bridgehead atoms. The number of nitrogens with one attached hydrogen (secondary N) is 2. The third-order valence-corrected chi connectivity index (χ3v) is 5.94. The average Bonchev–Trinajstić information content (AvgIpc) is 3.10. The Labute approximate surface area is 192 Å². The molecule has 2 heterocycles. The predicted octanol–water partition coefficient (Wildman–Crippen LogP) is 5.82. The van der Waals surface area contributed by atoms with Crippen LogP contribution in [0.25, 0.3) is 0 Å². The van der Waals surface area contributed by atoms with Gasteiger partial charge in [-0.25, -0.2) is 4.68 Å². The second-order valence-corrected chi connectivity index (χ2v) is 8.30. The second-order valence-electron chi connectivity index (χ2n) is 7.49. The number of benzene rings is 2. The van der Waals surface area contributed by atoms with Gasteiger partial charge in [0, 0.05) is 18.0 Å². The highest BCUT2D eigenvalue weighted by Gasteiger charge is 2.47. The van der Waals surface area contributed by atoms with E-state index in [1.54, 1.807) is 24.3 Å². The van der Waals surface area contributed by atoms with Gasteiger partial charge in [-0.15, -0.1) is 0 Å². The van der Waals surface area contributed by atoms with Gasteiger partial charge in [0.15, 0.2) is 11.7 Å². The monoisotopic (exact) mass is 482 g/mol. The predicted molar refractivity (Wildman–Crippen MR) is 117 cm³/mol. The molecule has 10 heteroatoms. The number of rotatable bonds is 5.